The van der Waals surface area contributed by atoms with Crippen molar-refractivity contribution >= 4 is 11.6 Å². The molecule has 154 valence electrons. The van der Waals surface area contributed by atoms with Gasteiger partial charge in [-0.05, 0) is 43.7 Å². The van der Waals surface area contributed by atoms with Gasteiger partial charge in [-0.15, -0.1) is 0 Å². The third-order valence-corrected chi connectivity index (χ3v) is 5.19. The molecule has 2 aromatic carbocycles. The Bertz CT molecular complexity index is 1260. The van der Waals surface area contributed by atoms with Gasteiger partial charge in [0.1, 0.15) is 5.56 Å². The number of carbonyl (C=O) groups is 1. The maximum Gasteiger partial charge on any atom is 0.261 e. The number of anilines is 1. The largest absolute Gasteiger partial charge is 0.340 e. The second-order valence-electron chi connectivity index (χ2n) is 7.50. The number of hydrogen-bond donors (Lipinski definition) is 1. The highest BCUT2D eigenvalue weighted by molar-refractivity contribution is 6.08. The number of aryl methyl sites for hydroxylation is 2. The Balaban J connectivity index is 1.88. The van der Waals surface area contributed by atoms with E-state index in [2.05, 4.69) is 34.6 Å². The molecule has 0 aliphatic carbocycles. The monoisotopic (exact) mass is 409 g/mol. The Morgan fingerprint density at radius 2 is 1.61 bits per heavy atom. The molecule has 2 aromatic heterocycles. The number of benzene rings is 2. The van der Waals surface area contributed by atoms with Crippen molar-refractivity contribution in [1.29, 1.82) is 0 Å². The Hall–Kier alpha value is -3.99. The van der Waals surface area contributed by atoms with E-state index in [-0.39, 0.29) is 11.0 Å². The minimum absolute atomic E-state index is 0.118. The molecule has 0 fully saturated rings. The van der Waals surface area contributed by atoms with E-state index in [1.807, 2.05) is 48.7 Å². The lowest BCUT2D eigenvalue weighted by Crippen LogP contribution is -2.27. The van der Waals surface area contributed by atoms with Crippen LogP contribution in [0.25, 0.3) is 11.3 Å². The van der Waals surface area contributed by atoms with Crippen molar-refractivity contribution in [2.75, 3.05) is 5.32 Å². The normalized spacial score (nSPS) is 10.6. The van der Waals surface area contributed by atoms with Crippen LogP contribution in [0.15, 0.2) is 90.0 Å². The summed E-state index contributed by atoms with van der Waals surface area (Å²) in [6.07, 6.45) is 3.33. The summed E-state index contributed by atoms with van der Waals surface area (Å²) in [6.45, 7) is 4.47. The molecule has 1 amide bonds. The quantitative estimate of drug-likeness (QED) is 0.514. The topological polar surface area (TPSA) is 64.0 Å². The number of nitrogens with one attached hydrogen (secondary N) is 1. The summed E-state index contributed by atoms with van der Waals surface area (Å²) in [6, 6.07) is 22.5. The Morgan fingerprint density at radius 1 is 0.935 bits per heavy atom. The number of para-hydroxylation sites is 1. The van der Waals surface area contributed by atoms with Crippen molar-refractivity contribution in [1.82, 2.24) is 9.55 Å². The number of carbonyl (C=O) groups excluding carboxylic acids is 1. The van der Waals surface area contributed by atoms with E-state index >= 15 is 0 Å². The molecule has 0 aliphatic heterocycles. The second-order valence-corrected chi connectivity index (χ2v) is 7.50. The van der Waals surface area contributed by atoms with E-state index in [9.17, 15) is 9.59 Å². The Morgan fingerprint density at radius 3 is 2.29 bits per heavy atom. The standard InChI is InChI=1S/C26H23N3O2/c1-18-8-10-20(11-9-18)17-29-19(2)16-23(30)24(25(29)21-12-14-27-15-13-21)26(31)28-22-6-4-3-5-7-22/h3-16H,17H2,1-2H3,(H,28,31). The molecule has 0 radical (unpaired) electrons. The molecule has 0 bridgehead atoms. The van der Waals surface area contributed by atoms with Crippen molar-refractivity contribution in [2.24, 2.45) is 0 Å². The first-order valence-electron chi connectivity index (χ1n) is 10.1. The minimum atomic E-state index is -0.430. The molecular weight excluding hydrogens is 386 g/mol. The zero-order chi connectivity index (χ0) is 21.8. The summed E-state index contributed by atoms with van der Waals surface area (Å²) >= 11 is 0. The maximum atomic E-state index is 13.2. The molecule has 5 nitrogen and oxygen atoms in total. The lowest BCUT2D eigenvalue weighted by molar-refractivity contribution is 0.102. The minimum Gasteiger partial charge on any atom is -0.340 e. The highest BCUT2D eigenvalue weighted by Gasteiger charge is 2.22. The number of nitrogens with zero attached hydrogens (tertiary/aromatic N) is 2. The number of hydrogen-bond acceptors (Lipinski definition) is 3. The molecule has 2 heterocycles. The van der Waals surface area contributed by atoms with E-state index in [4.69, 9.17) is 0 Å². The number of amides is 1. The van der Waals surface area contributed by atoms with Crippen LogP contribution in [0.3, 0.4) is 0 Å². The predicted molar refractivity (Wildman–Crippen MR) is 123 cm³/mol. The molecule has 0 spiro atoms. The fourth-order valence-corrected chi connectivity index (χ4v) is 3.59. The van der Waals surface area contributed by atoms with E-state index in [1.54, 1.807) is 24.5 Å². The molecule has 0 atom stereocenters. The van der Waals surface area contributed by atoms with Crippen LogP contribution < -0.4 is 10.7 Å². The highest BCUT2D eigenvalue weighted by Crippen LogP contribution is 2.25. The summed E-state index contributed by atoms with van der Waals surface area (Å²) in [5.74, 6) is -0.430. The van der Waals surface area contributed by atoms with Crippen LogP contribution in [0.1, 0.15) is 27.2 Å². The smallest absolute Gasteiger partial charge is 0.261 e. The molecule has 5 heteroatoms. The molecule has 1 N–H and O–H groups in total. The third kappa shape index (κ3) is 4.46. The second kappa shape index (κ2) is 8.79. The van der Waals surface area contributed by atoms with Crippen LogP contribution in [0.5, 0.6) is 0 Å². The van der Waals surface area contributed by atoms with Gasteiger partial charge in [-0.3, -0.25) is 14.6 Å². The van der Waals surface area contributed by atoms with Crippen molar-refractivity contribution in [3.63, 3.8) is 0 Å². The Kier molecular flexibility index (Phi) is 5.76. The summed E-state index contributed by atoms with van der Waals surface area (Å²) < 4.78 is 2.02. The van der Waals surface area contributed by atoms with Crippen LogP contribution in [0, 0.1) is 13.8 Å². The first-order chi connectivity index (χ1) is 15.0. The molecule has 0 unspecified atom stereocenters. The van der Waals surface area contributed by atoms with Gasteiger partial charge in [-0.1, -0.05) is 48.0 Å². The van der Waals surface area contributed by atoms with Crippen molar-refractivity contribution in [3.05, 3.63) is 118 Å². The first-order valence-corrected chi connectivity index (χ1v) is 10.1. The van der Waals surface area contributed by atoms with E-state index in [0.717, 1.165) is 16.8 Å². The van der Waals surface area contributed by atoms with Gasteiger partial charge in [0.05, 0.1) is 5.69 Å². The fourth-order valence-electron chi connectivity index (χ4n) is 3.59. The Labute approximate surface area is 181 Å². The van der Waals surface area contributed by atoms with Gasteiger partial charge in [0.15, 0.2) is 5.43 Å². The van der Waals surface area contributed by atoms with Gasteiger partial charge in [0, 0.05) is 41.9 Å². The van der Waals surface area contributed by atoms with Gasteiger partial charge in [-0.2, -0.15) is 0 Å². The molecule has 0 saturated heterocycles. The lowest BCUT2D eigenvalue weighted by Gasteiger charge is -2.20. The third-order valence-electron chi connectivity index (χ3n) is 5.19. The van der Waals surface area contributed by atoms with E-state index in [0.29, 0.717) is 17.9 Å². The number of rotatable bonds is 5. The van der Waals surface area contributed by atoms with Gasteiger partial charge in [-0.25, -0.2) is 0 Å². The van der Waals surface area contributed by atoms with Crippen LogP contribution in [-0.2, 0) is 6.54 Å². The van der Waals surface area contributed by atoms with Crippen LogP contribution in [-0.4, -0.2) is 15.5 Å². The average molecular weight is 409 g/mol. The van der Waals surface area contributed by atoms with Crippen molar-refractivity contribution in [3.8, 4) is 11.3 Å². The SMILES string of the molecule is Cc1ccc(Cn2c(C)cc(=O)c(C(=O)Nc3ccccc3)c2-c2ccncc2)cc1. The van der Waals surface area contributed by atoms with E-state index in [1.165, 1.54) is 11.6 Å². The maximum absolute atomic E-state index is 13.2. The highest BCUT2D eigenvalue weighted by atomic mass is 16.2. The van der Waals surface area contributed by atoms with Crippen molar-refractivity contribution in [2.45, 2.75) is 20.4 Å². The zero-order valence-corrected chi connectivity index (χ0v) is 17.5. The molecule has 0 saturated carbocycles. The van der Waals surface area contributed by atoms with Crippen LogP contribution in [0.2, 0.25) is 0 Å². The lowest BCUT2D eigenvalue weighted by atomic mass is 10.0. The van der Waals surface area contributed by atoms with Gasteiger partial charge < -0.3 is 9.88 Å². The molecular formula is C26H23N3O2. The van der Waals surface area contributed by atoms with Gasteiger partial charge >= 0.3 is 0 Å². The van der Waals surface area contributed by atoms with Gasteiger partial charge in [0.25, 0.3) is 5.91 Å². The van der Waals surface area contributed by atoms with Gasteiger partial charge in [0.2, 0.25) is 0 Å². The van der Waals surface area contributed by atoms with Crippen LogP contribution >= 0.6 is 0 Å². The summed E-state index contributed by atoms with van der Waals surface area (Å²) in [5, 5.41) is 2.86. The van der Waals surface area contributed by atoms with Crippen molar-refractivity contribution < 1.29 is 4.79 Å². The molecule has 31 heavy (non-hydrogen) atoms. The molecule has 4 aromatic rings. The van der Waals surface area contributed by atoms with E-state index < -0.39 is 5.91 Å². The number of aromatic nitrogens is 2. The first kappa shape index (κ1) is 20.3. The van der Waals surface area contributed by atoms with Crippen LogP contribution in [0.4, 0.5) is 5.69 Å². The zero-order valence-electron chi connectivity index (χ0n) is 17.5. The molecule has 0 aliphatic rings. The predicted octanol–water partition coefficient (Wildman–Crippen LogP) is 4.83. The average Bonchev–Trinajstić information content (AvgIpc) is 2.78. The fraction of sp³-hybridized carbons (Fsp3) is 0.115. The summed E-state index contributed by atoms with van der Waals surface area (Å²) in [7, 11) is 0. The number of pyridine rings is 2. The molecule has 4 rings (SSSR count). The summed E-state index contributed by atoms with van der Waals surface area (Å²) in [5.41, 5.74) is 4.85. The summed E-state index contributed by atoms with van der Waals surface area (Å²) in [4.78, 5) is 30.4.